The van der Waals surface area contributed by atoms with Gasteiger partial charge in [-0.25, -0.2) is 0 Å². The molecule has 0 radical (unpaired) electrons. The summed E-state index contributed by atoms with van der Waals surface area (Å²) < 4.78 is 0. The maximum Gasteiger partial charge on any atom is 0.239 e. The van der Waals surface area contributed by atoms with Gasteiger partial charge in [-0.2, -0.15) is 0 Å². The third kappa shape index (κ3) is 4.19. The van der Waals surface area contributed by atoms with Crippen molar-refractivity contribution in [2.24, 2.45) is 11.7 Å². The van der Waals surface area contributed by atoms with Crippen LogP contribution in [-0.4, -0.2) is 12.5 Å². The highest BCUT2D eigenvalue weighted by molar-refractivity contribution is 5.81. The van der Waals surface area contributed by atoms with E-state index in [4.69, 9.17) is 5.73 Å². The Balaban J connectivity index is 2.78. The van der Waals surface area contributed by atoms with Crippen molar-refractivity contribution in [1.82, 2.24) is 5.32 Å². The fourth-order valence-electron chi connectivity index (χ4n) is 1.68. The van der Waals surface area contributed by atoms with Crippen molar-refractivity contribution in [3.63, 3.8) is 0 Å². The zero-order chi connectivity index (χ0) is 12.8. The first-order chi connectivity index (χ1) is 8.04. The lowest BCUT2D eigenvalue weighted by molar-refractivity contribution is -0.120. The van der Waals surface area contributed by atoms with Gasteiger partial charge in [0.15, 0.2) is 0 Å². The van der Waals surface area contributed by atoms with E-state index in [9.17, 15) is 4.79 Å². The fourth-order valence-corrected chi connectivity index (χ4v) is 1.68. The van der Waals surface area contributed by atoms with Gasteiger partial charge in [0, 0.05) is 0 Å². The van der Waals surface area contributed by atoms with E-state index in [1.807, 2.05) is 24.3 Å². The number of primary amides is 1. The number of carbonyl (C=O) groups is 1. The van der Waals surface area contributed by atoms with Crippen molar-refractivity contribution >= 4 is 5.91 Å². The van der Waals surface area contributed by atoms with Crippen LogP contribution in [0.4, 0.5) is 0 Å². The predicted octanol–water partition coefficient (Wildman–Crippen LogP) is 2.02. The average molecular weight is 234 g/mol. The molecular weight excluding hydrogens is 212 g/mol. The van der Waals surface area contributed by atoms with Gasteiger partial charge in [-0.1, -0.05) is 45.0 Å². The summed E-state index contributed by atoms with van der Waals surface area (Å²) in [5.41, 5.74) is 7.63. The van der Waals surface area contributed by atoms with Crippen LogP contribution in [0.1, 0.15) is 37.9 Å². The molecule has 0 aliphatic heterocycles. The van der Waals surface area contributed by atoms with E-state index in [0.717, 1.165) is 18.5 Å². The van der Waals surface area contributed by atoms with Crippen LogP contribution in [0.15, 0.2) is 24.3 Å². The first kappa shape index (κ1) is 13.7. The lowest BCUT2D eigenvalue weighted by Gasteiger charge is -2.17. The van der Waals surface area contributed by atoms with Crippen LogP contribution in [0.25, 0.3) is 0 Å². The molecule has 1 atom stereocenters. The number of benzene rings is 1. The number of amides is 1. The molecule has 0 bridgehead atoms. The topological polar surface area (TPSA) is 55.1 Å². The highest BCUT2D eigenvalue weighted by Gasteiger charge is 2.16. The molecule has 0 heterocycles. The number of carbonyl (C=O) groups excluding carboxylic acids is 1. The van der Waals surface area contributed by atoms with Crippen molar-refractivity contribution in [2.75, 3.05) is 6.54 Å². The third-order valence-electron chi connectivity index (χ3n) is 2.74. The SMILES string of the molecule is CCc1ccc(C(NCC(C)C)C(N)=O)cc1. The molecule has 0 spiro atoms. The number of nitrogens with two attached hydrogens (primary N) is 1. The Kier molecular flexibility index (Phi) is 5.16. The van der Waals surface area contributed by atoms with Crippen LogP contribution in [0, 0.1) is 5.92 Å². The van der Waals surface area contributed by atoms with E-state index < -0.39 is 0 Å². The molecule has 0 saturated carbocycles. The van der Waals surface area contributed by atoms with Crippen LogP contribution in [-0.2, 0) is 11.2 Å². The monoisotopic (exact) mass is 234 g/mol. The second-order valence-corrected chi connectivity index (χ2v) is 4.73. The summed E-state index contributed by atoms with van der Waals surface area (Å²) in [6.45, 7) is 7.09. The summed E-state index contributed by atoms with van der Waals surface area (Å²) in [4.78, 5) is 11.4. The van der Waals surface area contributed by atoms with Gasteiger partial charge in [-0.15, -0.1) is 0 Å². The van der Waals surface area contributed by atoms with E-state index in [0.29, 0.717) is 5.92 Å². The van der Waals surface area contributed by atoms with E-state index in [-0.39, 0.29) is 11.9 Å². The fraction of sp³-hybridized carbons (Fsp3) is 0.500. The summed E-state index contributed by atoms with van der Waals surface area (Å²) in [5.74, 6) is 0.168. The highest BCUT2D eigenvalue weighted by Crippen LogP contribution is 2.14. The Morgan fingerprint density at radius 3 is 2.29 bits per heavy atom. The summed E-state index contributed by atoms with van der Waals surface area (Å²) in [6.07, 6.45) is 1.00. The normalized spacial score (nSPS) is 12.7. The van der Waals surface area contributed by atoms with Crippen LogP contribution in [0.5, 0.6) is 0 Å². The summed E-state index contributed by atoms with van der Waals surface area (Å²) in [5, 5.41) is 3.20. The van der Waals surface area contributed by atoms with E-state index in [1.54, 1.807) is 0 Å². The molecule has 3 heteroatoms. The molecule has 3 nitrogen and oxygen atoms in total. The molecule has 0 aliphatic carbocycles. The van der Waals surface area contributed by atoms with Gasteiger partial charge in [0.2, 0.25) is 5.91 Å². The quantitative estimate of drug-likeness (QED) is 0.791. The number of nitrogens with one attached hydrogen (secondary N) is 1. The molecule has 1 unspecified atom stereocenters. The minimum absolute atomic E-state index is 0.324. The van der Waals surface area contributed by atoms with Crippen LogP contribution in [0.3, 0.4) is 0 Å². The largest absolute Gasteiger partial charge is 0.368 e. The van der Waals surface area contributed by atoms with Gasteiger partial charge in [-0.05, 0) is 30.0 Å². The second-order valence-electron chi connectivity index (χ2n) is 4.73. The summed E-state index contributed by atoms with van der Waals surface area (Å²) >= 11 is 0. The molecule has 1 rings (SSSR count). The van der Waals surface area contributed by atoms with Gasteiger partial charge in [0.05, 0.1) is 0 Å². The zero-order valence-corrected chi connectivity index (χ0v) is 10.9. The van der Waals surface area contributed by atoms with Crippen molar-refractivity contribution in [3.05, 3.63) is 35.4 Å². The molecule has 1 amide bonds. The van der Waals surface area contributed by atoms with Gasteiger partial charge in [0.1, 0.15) is 6.04 Å². The van der Waals surface area contributed by atoms with Crippen LogP contribution in [0.2, 0.25) is 0 Å². The van der Waals surface area contributed by atoms with Gasteiger partial charge in [0.25, 0.3) is 0 Å². The summed E-state index contributed by atoms with van der Waals surface area (Å²) in [7, 11) is 0. The number of hydrogen-bond donors (Lipinski definition) is 2. The second kappa shape index (κ2) is 6.40. The molecule has 94 valence electrons. The molecule has 1 aromatic rings. The molecule has 0 aromatic heterocycles. The first-order valence-electron chi connectivity index (χ1n) is 6.16. The van der Waals surface area contributed by atoms with E-state index in [1.165, 1.54) is 5.56 Å². The molecule has 0 aliphatic rings. The van der Waals surface area contributed by atoms with E-state index in [2.05, 4.69) is 26.1 Å². The molecule has 0 fully saturated rings. The Morgan fingerprint density at radius 2 is 1.88 bits per heavy atom. The van der Waals surface area contributed by atoms with Crippen molar-refractivity contribution in [1.29, 1.82) is 0 Å². The third-order valence-corrected chi connectivity index (χ3v) is 2.74. The van der Waals surface area contributed by atoms with Gasteiger partial charge in [-0.3, -0.25) is 4.79 Å². The molecule has 1 aromatic carbocycles. The molecule has 17 heavy (non-hydrogen) atoms. The van der Waals surface area contributed by atoms with Crippen molar-refractivity contribution in [3.8, 4) is 0 Å². The number of aryl methyl sites for hydroxylation is 1. The van der Waals surface area contributed by atoms with Crippen LogP contribution < -0.4 is 11.1 Å². The number of rotatable bonds is 6. The van der Waals surface area contributed by atoms with Crippen molar-refractivity contribution < 1.29 is 4.79 Å². The Labute approximate surface area is 103 Å². The maximum atomic E-state index is 11.4. The Morgan fingerprint density at radius 1 is 1.29 bits per heavy atom. The summed E-state index contributed by atoms with van der Waals surface area (Å²) in [6, 6.07) is 7.65. The minimum atomic E-state index is -0.386. The highest BCUT2D eigenvalue weighted by atomic mass is 16.1. The van der Waals surface area contributed by atoms with Crippen LogP contribution >= 0.6 is 0 Å². The predicted molar refractivity (Wildman–Crippen MR) is 70.6 cm³/mol. The first-order valence-corrected chi connectivity index (χ1v) is 6.16. The Hall–Kier alpha value is -1.35. The smallest absolute Gasteiger partial charge is 0.239 e. The van der Waals surface area contributed by atoms with Gasteiger partial charge < -0.3 is 11.1 Å². The molecule has 0 saturated heterocycles. The maximum absolute atomic E-state index is 11.4. The Bertz CT molecular complexity index is 357. The lowest BCUT2D eigenvalue weighted by atomic mass is 10.0. The zero-order valence-electron chi connectivity index (χ0n) is 10.9. The minimum Gasteiger partial charge on any atom is -0.368 e. The van der Waals surface area contributed by atoms with E-state index >= 15 is 0 Å². The average Bonchev–Trinajstić information content (AvgIpc) is 2.29. The standard InChI is InChI=1S/C14H22N2O/c1-4-11-5-7-12(8-6-11)13(14(15)17)16-9-10(2)3/h5-8,10,13,16H,4,9H2,1-3H3,(H2,15,17). The van der Waals surface area contributed by atoms with Gasteiger partial charge >= 0.3 is 0 Å². The van der Waals surface area contributed by atoms with Crippen molar-refractivity contribution in [2.45, 2.75) is 33.2 Å². The lowest BCUT2D eigenvalue weighted by Crippen LogP contribution is -2.35. The molecule has 3 N–H and O–H groups in total. The number of hydrogen-bond acceptors (Lipinski definition) is 2. The molecular formula is C14H22N2O.